The lowest BCUT2D eigenvalue weighted by molar-refractivity contribution is 0.566. The number of anilines is 1. The van der Waals surface area contributed by atoms with Gasteiger partial charge in [0.25, 0.3) is 0 Å². The van der Waals surface area contributed by atoms with Crippen molar-refractivity contribution in [1.82, 2.24) is 10.3 Å². The monoisotopic (exact) mass is 297 g/mol. The molecule has 1 unspecified atom stereocenters. The van der Waals surface area contributed by atoms with Gasteiger partial charge in [-0.25, -0.2) is 13.4 Å². The summed E-state index contributed by atoms with van der Waals surface area (Å²) in [5.41, 5.74) is 1.17. The predicted octanol–water partition coefficient (Wildman–Crippen LogP) is 1.20. The number of hydrogen-bond acceptors (Lipinski definition) is 5. The number of hydrogen-bond donors (Lipinski definition) is 1. The zero-order valence-electron chi connectivity index (χ0n) is 12.3. The van der Waals surface area contributed by atoms with Gasteiger partial charge in [0.2, 0.25) is 0 Å². The normalized spacial score (nSPS) is 22.2. The molecule has 2 rings (SSSR count). The van der Waals surface area contributed by atoms with Gasteiger partial charge in [0.1, 0.15) is 5.82 Å². The molecule has 1 aliphatic heterocycles. The smallest absolute Gasteiger partial charge is 0.154 e. The second kappa shape index (κ2) is 6.10. The van der Waals surface area contributed by atoms with E-state index >= 15 is 0 Å². The van der Waals surface area contributed by atoms with Crippen LogP contribution in [-0.2, 0) is 16.4 Å². The maximum Gasteiger partial charge on any atom is 0.154 e. The molecule has 1 saturated heterocycles. The molecule has 0 spiro atoms. The fraction of sp³-hybridized carbons (Fsp3) is 0.643. The highest BCUT2D eigenvalue weighted by atomic mass is 32.2. The van der Waals surface area contributed by atoms with E-state index < -0.39 is 9.84 Å². The average molecular weight is 297 g/mol. The van der Waals surface area contributed by atoms with Gasteiger partial charge in [-0.1, -0.05) is 13.8 Å². The Bertz CT molecular complexity index is 557. The molecule has 1 aromatic heterocycles. The quantitative estimate of drug-likeness (QED) is 0.905. The second-order valence-electron chi connectivity index (χ2n) is 5.71. The van der Waals surface area contributed by atoms with Gasteiger partial charge in [-0.15, -0.1) is 0 Å². The van der Waals surface area contributed by atoms with Gasteiger partial charge in [-0.2, -0.15) is 0 Å². The van der Waals surface area contributed by atoms with Gasteiger partial charge < -0.3 is 10.2 Å². The first-order valence-corrected chi connectivity index (χ1v) is 8.85. The molecule has 1 fully saturated rings. The summed E-state index contributed by atoms with van der Waals surface area (Å²) >= 11 is 0. The summed E-state index contributed by atoms with van der Waals surface area (Å²) in [6, 6.07) is 4.45. The lowest BCUT2D eigenvalue weighted by atomic mass is 10.2. The predicted molar refractivity (Wildman–Crippen MR) is 81.7 cm³/mol. The van der Waals surface area contributed by atoms with Crippen molar-refractivity contribution in [3.05, 3.63) is 23.9 Å². The van der Waals surface area contributed by atoms with E-state index in [1.165, 1.54) is 5.56 Å². The Labute approximate surface area is 121 Å². The van der Waals surface area contributed by atoms with Crippen LogP contribution in [0.15, 0.2) is 18.3 Å². The molecule has 1 aromatic rings. The highest BCUT2D eigenvalue weighted by molar-refractivity contribution is 7.91. The first-order chi connectivity index (χ1) is 9.37. The topological polar surface area (TPSA) is 62.3 Å². The first-order valence-electron chi connectivity index (χ1n) is 7.03. The Morgan fingerprint density at radius 3 is 2.90 bits per heavy atom. The van der Waals surface area contributed by atoms with Gasteiger partial charge in [-0.05, 0) is 24.6 Å². The zero-order chi connectivity index (χ0) is 14.8. The molecule has 1 aliphatic rings. The third-order valence-corrected chi connectivity index (χ3v) is 5.28. The molecule has 1 atom stereocenters. The van der Waals surface area contributed by atoms with E-state index in [-0.39, 0.29) is 17.5 Å². The van der Waals surface area contributed by atoms with E-state index in [1.54, 1.807) is 6.20 Å². The molecule has 1 N–H and O–H groups in total. The molecule has 20 heavy (non-hydrogen) atoms. The maximum atomic E-state index is 11.6. The third kappa shape index (κ3) is 3.93. The Morgan fingerprint density at radius 1 is 1.50 bits per heavy atom. The fourth-order valence-electron chi connectivity index (χ4n) is 2.39. The summed E-state index contributed by atoms with van der Waals surface area (Å²) in [6.07, 6.45) is 1.79. The van der Waals surface area contributed by atoms with Crippen LogP contribution in [0.4, 0.5) is 5.82 Å². The van der Waals surface area contributed by atoms with E-state index in [9.17, 15) is 8.42 Å². The van der Waals surface area contributed by atoms with Gasteiger partial charge in [-0.3, -0.25) is 0 Å². The minimum Gasteiger partial charge on any atom is -0.352 e. The van der Waals surface area contributed by atoms with Crippen LogP contribution in [0.3, 0.4) is 0 Å². The van der Waals surface area contributed by atoms with Crippen molar-refractivity contribution in [3.8, 4) is 0 Å². The fourth-order valence-corrected chi connectivity index (χ4v) is 3.95. The van der Waals surface area contributed by atoms with E-state index in [2.05, 4.69) is 29.0 Å². The standard InChI is InChI=1S/C14H23N3O2S/c1-11(2)16-9-13-4-5-15-14(8-13)17-6-7-20(18,19)10-12(17)3/h4-5,8,11-12,16H,6-7,9-10H2,1-3H3. The zero-order valence-corrected chi connectivity index (χ0v) is 13.2. The van der Waals surface area contributed by atoms with Crippen molar-refractivity contribution in [3.63, 3.8) is 0 Å². The minimum atomic E-state index is -2.89. The van der Waals surface area contributed by atoms with Crippen molar-refractivity contribution >= 4 is 15.7 Å². The first kappa shape index (κ1) is 15.3. The number of sulfone groups is 1. The molecule has 2 heterocycles. The number of rotatable bonds is 4. The SMILES string of the molecule is CC(C)NCc1ccnc(N2CCS(=O)(=O)CC2C)c1. The van der Waals surface area contributed by atoms with Crippen LogP contribution >= 0.6 is 0 Å². The summed E-state index contributed by atoms with van der Waals surface area (Å²) in [6.45, 7) is 7.49. The molecule has 0 bridgehead atoms. The summed E-state index contributed by atoms with van der Waals surface area (Å²) in [5.74, 6) is 1.30. The molecular weight excluding hydrogens is 274 g/mol. The molecule has 0 saturated carbocycles. The van der Waals surface area contributed by atoms with E-state index in [1.807, 2.05) is 19.1 Å². The highest BCUT2D eigenvalue weighted by Crippen LogP contribution is 2.20. The molecule has 0 aliphatic carbocycles. The summed E-state index contributed by atoms with van der Waals surface area (Å²) < 4.78 is 23.3. The van der Waals surface area contributed by atoms with E-state index in [4.69, 9.17) is 0 Å². The number of aromatic nitrogens is 1. The molecule has 5 nitrogen and oxygen atoms in total. The second-order valence-corrected chi connectivity index (χ2v) is 7.94. The number of nitrogens with one attached hydrogen (secondary N) is 1. The van der Waals surface area contributed by atoms with Crippen LogP contribution in [-0.4, -0.2) is 43.5 Å². The summed E-state index contributed by atoms with van der Waals surface area (Å²) in [5, 5.41) is 3.37. The summed E-state index contributed by atoms with van der Waals surface area (Å²) in [7, 11) is -2.89. The van der Waals surface area contributed by atoms with Crippen LogP contribution in [0.5, 0.6) is 0 Å². The van der Waals surface area contributed by atoms with Crippen LogP contribution < -0.4 is 10.2 Å². The van der Waals surface area contributed by atoms with Crippen molar-refractivity contribution < 1.29 is 8.42 Å². The van der Waals surface area contributed by atoms with Crippen molar-refractivity contribution in [2.75, 3.05) is 23.0 Å². The lowest BCUT2D eigenvalue weighted by Gasteiger charge is -2.34. The van der Waals surface area contributed by atoms with Crippen molar-refractivity contribution in [2.45, 2.75) is 39.4 Å². The third-order valence-electron chi connectivity index (χ3n) is 3.49. The van der Waals surface area contributed by atoms with Gasteiger partial charge in [0.15, 0.2) is 9.84 Å². The average Bonchev–Trinajstić information content (AvgIpc) is 2.35. The Kier molecular flexibility index (Phi) is 4.65. The number of nitrogens with zero attached hydrogens (tertiary/aromatic N) is 2. The largest absolute Gasteiger partial charge is 0.352 e. The molecular formula is C14H23N3O2S. The maximum absolute atomic E-state index is 11.6. The van der Waals surface area contributed by atoms with Crippen LogP contribution in [0.25, 0.3) is 0 Å². The minimum absolute atomic E-state index is 0.0189. The van der Waals surface area contributed by atoms with Crippen LogP contribution in [0, 0.1) is 0 Å². The van der Waals surface area contributed by atoms with E-state index in [0.717, 1.165) is 12.4 Å². The van der Waals surface area contributed by atoms with Gasteiger partial charge in [0, 0.05) is 31.4 Å². The van der Waals surface area contributed by atoms with Crippen LogP contribution in [0.1, 0.15) is 26.3 Å². The van der Waals surface area contributed by atoms with Crippen molar-refractivity contribution in [2.24, 2.45) is 0 Å². The summed E-state index contributed by atoms with van der Waals surface area (Å²) in [4.78, 5) is 6.47. The lowest BCUT2D eigenvalue weighted by Crippen LogP contribution is -2.47. The van der Waals surface area contributed by atoms with Gasteiger partial charge in [0.05, 0.1) is 11.5 Å². The highest BCUT2D eigenvalue weighted by Gasteiger charge is 2.28. The molecule has 0 aromatic carbocycles. The molecule has 0 radical (unpaired) electrons. The van der Waals surface area contributed by atoms with Gasteiger partial charge >= 0.3 is 0 Å². The van der Waals surface area contributed by atoms with Crippen LogP contribution in [0.2, 0.25) is 0 Å². The molecule has 6 heteroatoms. The van der Waals surface area contributed by atoms with E-state index in [0.29, 0.717) is 12.6 Å². The molecule has 0 amide bonds. The molecule has 112 valence electrons. The van der Waals surface area contributed by atoms with Crippen molar-refractivity contribution in [1.29, 1.82) is 0 Å². The number of pyridine rings is 1. The Morgan fingerprint density at radius 2 is 2.25 bits per heavy atom. The Balaban J connectivity index is 2.11. The Hall–Kier alpha value is -1.14.